The molecule has 1 aliphatic carbocycles. The zero-order chi connectivity index (χ0) is 18.4. The van der Waals surface area contributed by atoms with Crippen LogP contribution in [-0.2, 0) is 4.79 Å². The van der Waals surface area contributed by atoms with E-state index >= 15 is 0 Å². The fourth-order valence-corrected chi connectivity index (χ4v) is 2.54. The lowest BCUT2D eigenvalue weighted by molar-refractivity contribution is -0.119. The number of amides is 2. The van der Waals surface area contributed by atoms with E-state index < -0.39 is 11.3 Å². The third-order valence-corrected chi connectivity index (χ3v) is 4.04. The lowest BCUT2D eigenvalue weighted by atomic mass is 9.97. The highest BCUT2D eigenvalue weighted by atomic mass is 16.2. The fraction of sp³-hybridized carbons (Fsp3) is 0.250. The van der Waals surface area contributed by atoms with Gasteiger partial charge >= 0.3 is 0 Å². The van der Waals surface area contributed by atoms with Crippen molar-refractivity contribution in [1.29, 1.82) is 5.26 Å². The van der Waals surface area contributed by atoms with Crippen LogP contribution in [0.4, 0.5) is 5.69 Å². The van der Waals surface area contributed by atoms with Gasteiger partial charge in [-0.1, -0.05) is 56.3 Å². The summed E-state index contributed by atoms with van der Waals surface area (Å²) >= 11 is 0. The topological polar surface area (TPSA) is 96.0 Å². The average molecular weight is 335 g/mol. The van der Waals surface area contributed by atoms with Gasteiger partial charge in [-0.3, -0.25) is 9.59 Å². The van der Waals surface area contributed by atoms with Crippen LogP contribution in [0.1, 0.15) is 37.0 Å². The number of rotatable bonds is 4. The van der Waals surface area contributed by atoms with Crippen molar-refractivity contribution < 1.29 is 9.59 Å². The molecule has 3 rings (SSSR count). The van der Waals surface area contributed by atoms with Gasteiger partial charge < -0.3 is 11.1 Å². The summed E-state index contributed by atoms with van der Waals surface area (Å²) in [5, 5.41) is 11.8. The maximum atomic E-state index is 12.3. The van der Waals surface area contributed by atoms with Gasteiger partial charge in [-0.25, -0.2) is 0 Å². The predicted molar refractivity (Wildman–Crippen MR) is 97.7 cm³/mol. The summed E-state index contributed by atoms with van der Waals surface area (Å²) in [7, 11) is 0. The largest absolute Gasteiger partial charge is 0.366 e. The molecule has 0 bridgehead atoms. The number of carbonyl (C=O) groups excluding carboxylic acids is 2. The first-order valence-corrected chi connectivity index (χ1v) is 8.28. The van der Waals surface area contributed by atoms with Gasteiger partial charge in [-0.15, -0.1) is 0 Å². The minimum atomic E-state index is -0.961. The smallest absolute Gasteiger partial charge is 0.251 e. The first-order chi connectivity index (χ1) is 12.1. The maximum absolute atomic E-state index is 12.3. The SMILES string of the molecule is CC.N#CC1(C(=O)Nc2cccc(-c3ccccc3)c2C(N)=O)CC1. The molecule has 2 aromatic rings. The quantitative estimate of drug-likeness (QED) is 0.891. The molecule has 1 fully saturated rings. The predicted octanol–water partition coefficient (Wildman–Crippen LogP) is 3.72. The summed E-state index contributed by atoms with van der Waals surface area (Å²) in [6.45, 7) is 4.00. The van der Waals surface area contributed by atoms with Crippen LogP contribution in [0.3, 0.4) is 0 Å². The van der Waals surface area contributed by atoms with Gasteiger partial charge in [0.05, 0.1) is 17.3 Å². The van der Waals surface area contributed by atoms with E-state index in [9.17, 15) is 9.59 Å². The van der Waals surface area contributed by atoms with Crippen LogP contribution in [0, 0.1) is 16.7 Å². The molecule has 0 heterocycles. The number of benzene rings is 2. The van der Waals surface area contributed by atoms with Crippen LogP contribution >= 0.6 is 0 Å². The second-order valence-corrected chi connectivity index (χ2v) is 5.61. The normalized spacial score (nSPS) is 13.6. The molecule has 0 atom stereocenters. The Morgan fingerprint density at radius 1 is 1.08 bits per heavy atom. The first-order valence-electron chi connectivity index (χ1n) is 8.28. The van der Waals surface area contributed by atoms with E-state index in [-0.39, 0.29) is 11.5 Å². The van der Waals surface area contributed by atoms with Crippen LogP contribution in [-0.4, -0.2) is 11.8 Å². The summed E-state index contributed by atoms with van der Waals surface area (Å²) in [6.07, 6.45) is 1.08. The number of hydrogen-bond donors (Lipinski definition) is 2. The molecule has 2 amide bonds. The van der Waals surface area contributed by atoms with Gasteiger partial charge in [0.15, 0.2) is 0 Å². The fourth-order valence-electron chi connectivity index (χ4n) is 2.54. The van der Waals surface area contributed by atoms with E-state index in [1.807, 2.05) is 50.2 Å². The van der Waals surface area contributed by atoms with Crippen LogP contribution in [0.5, 0.6) is 0 Å². The van der Waals surface area contributed by atoms with Crippen molar-refractivity contribution in [3.05, 3.63) is 54.1 Å². The van der Waals surface area contributed by atoms with E-state index in [2.05, 4.69) is 5.32 Å². The molecule has 0 aliphatic heterocycles. The van der Waals surface area contributed by atoms with E-state index in [4.69, 9.17) is 11.0 Å². The van der Waals surface area contributed by atoms with E-state index in [1.165, 1.54) is 0 Å². The molecule has 5 heteroatoms. The Labute approximate surface area is 147 Å². The highest BCUT2D eigenvalue weighted by Gasteiger charge is 2.50. The molecule has 25 heavy (non-hydrogen) atoms. The summed E-state index contributed by atoms with van der Waals surface area (Å²) < 4.78 is 0. The molecule has 0 aromatic heterocycles. The summed E-state index contributed by atoms with van der Waals surface area (Å²) in [5.41, 5.74) is 6.64. The second kappa shape index (κ2) is 7.63. The van der Waals surface area contributed by atoms with Gasteiger partial charge in [0.1, 0.15) is 5.41 Å². The Bertz CT molecular complexity index is 819. The van der Waals surface area contributed by atoms with E-state index in [0.29, 0.717) is 24.1 Å². The van der Waals surface area contributed by atoms with E-state index in [0.717, 1.165) is 5.56 Å². The van der Waals surface area contributed by atoms with Crippen molar-refractivity contribution in [2.75, 3.05) is 5.32 Å². The molecular formula is C20H21N3O2. The molecule has 1 saturated carbocycles. The number of hydrogen-bond acceptors (Lipinski definition) is 3. The number of anilines is 1. The highest BCUT2D eigenvalue weighted by molar-refractivity contribution is 6.09. The molecule has 0 radical (unpaired) electrons. The van der Waals surface area contributed by atoms with Crippen LogP contribution in [0.2, 0.25) is 0 Å². The van der Waals surface area contributed by atoms with Crippen molar-refractivity contribution in [3.63, 3.8) is 0 Å². The first kappa shape index (κ1) is 18.2. The third-order valence-electron chi connectivity index (χ3n) is 4.04. The minimum absolute atomic E-state index is 0.251. The van der Waals surface area contributed by atoms with Crippen molar-refractivity contribution in [2.45, 2.75) is 26.7 Å². The molecule has 0 spiro atoms. The average Bonchev–Trinajstić information content (AvgIpc) is 3.45. The zero-order valence-electron chi connectivity index (χ0n) is 14.4. The van der Waals surface area contributed by atoms with Crippen molar-refractivity contribution >= 4 is 17.5 Å². The lowest BCUT2D eigenvalue weighted by Gasteiger charge is -2.15. The molecule has 2 aromatic carbocycles. The van der Waals surface area contributed by atoms with Gasteiger partial charge in [-0.05, 0) is 30.0 Å². The Morgan fingerprint density at radius 3 is 2.24 bits per heavy atom. The number of carbonyl (C=O) groups is 2. The second-order valence-electron chi connectivity index (χ2n) is 5.61. The standard InChI is InChI=1S/C18H15N3O2.C2H6/c19-11-18(9-10-18)17(23)21-14-8-4-7-13(15(14)16(20)22)12-5-2-1-3-6-12;1-2/h1-8H,9-10H2,(H2,20,22)(H,21,23);1-2H3. The zero-order valence-corrected chi connectivity index (χ0v) is 14.4. The van der Waals surface area contributed by atoms with Crippen molar-refractivity contribution in [3.8, 4) is 17.2 Å². The van der Waals surface area contributed by atoms with Gasteiger partial charge in [0.2, 0.25) is 5.91 Å². The molecule has 0 saturated heterocycles. The van der Waals surface area contributed by atoms with Crippen LogP contribution < -0.4 is 11.1 Å². The van der Waals surface area contributed by atoms with Crippen molar-refractivity contribution in [1.82, 2.24) is 0 Å². The summed E-state index contributed by atoms with van der Waals surface area (Å²) in [5.74, 6) is -1.01. The Hall–Kier alpha value is -3.13. The monoisotopic (exact) mass is 335 g/mol. The highest BCUT2D eigenvalue weighted by Crippen LogP contribution is 2.46. The number of nitrogens with one attached hydrogen (secondary N) is 1. The number of nitrogens with zero attached hydrogens (tertiary/aromatic N) is 1. The summed E-state index contributed by atoms with van der Waals surface area (Å²) in [4.78, 5) is 24.2. The van der Waals surface area contributed by atoms with Gasteiger partial charge in [0, 0.05) is 0 Å². The molecule has 0 unspecified atom stereocenters. The summed E-state index contributed by atoms with van der Waals surface area (Å²) in [6, 6.07) is 16.5. The third kappa shape index (κ3) is 3.69. The molecular weight excluding hydrogens is 314 g/mol. The Balaban J connectivity index is 0.00000109. The van der Waals surface area contributed by atoms with Crippen LogP contribution in [0.15, 0.2) is 48.5 Å². The van der Waals surface area contributed by atoms with Gasteiger partial charge in [-0.2, -0.15) is 5.26 Å². The molecule has 5 nitrogen and oxygen atoms in total. The number of primary amides is 1. The van der Waals surface area contributed by atoms with Crippen molar-refractivity contribution in [2.24, 2.45) is 11.1 Å². The van der Waals surface area contributed by atoms with E-state index in [1.54, 1.807) is 18.2 Å². The Morgan fingerprint density at radius 2 is 1.72 bits per heavy atom. The lowest BCUT2D eigenvalue weighted by Crippen LogP contribution is -2.25. The minimum Gasteiger partial charge on any atom is -0.366 e. The molecule has 1 aliphatic rings. The number of nitriles is 1. The maximum Gasteiger partial charge on any atom is 0.251 e. The molecule has 128 valence electrons. The van der Waals surface area contributed by atoms with Gasteiger partial charge in [0.25, 0.3) is 5.91 Å². The molecule has 3 N–H and O–H groups in total. The number of nitrogens with two attached hydrogens (primary N) is 1. The van der Waals surface area contributed by atoms with Crippen LogP contribution in [0.25, 0.3) is 11.1 Å². The Kier molecular flexibility index (Phi) is 5.56.